The molecule has 0 fully saturated rings. The molecule has 5 aromatic carbocycles. The highest BCUT2D eigenvalue weighted by Crippen LogP contribution is 2.35. The third-order valence-electron chi connectivity index (χ3n) is 8.50. The maximum atomic E-state index is 12.2. The molecule has 0 aliphatic heterocycles. The van der Waals surface area contributed by atoms with Crippen molar-refractivity contribution in [1.29, 1.82) is 0 Å². The number of benzene rings is 5. The van der Waals surface area contributed by atoms with Crippen LogP contribution in [0.5, 0.6) is 0 Å². The summed E-state index contributed by atoms with van der Waals surface area (Å²) < 4.78 is 34.2. The highest BCUT2D eigenvalue weighted by atomic mass is 32.2. The van der Waals surface area contributed by atoms with Gasteiger partial charge in [-0.25, -0.2) is 9.59 Å². The summed E-state index contributed by atoms with van der Waals surface area (Å²) >= 11 is 0. The van der Waals surface area contributed by atoms with Gasteiger partial charge in [-0.15, -0.1) is 15.3 Å². The Hall–Kier alpha value is -8.84. The molecule has 0 aliphatic carbocycles. The lowest BCUT2D eigenvalue weighted by Gasteiger charge is -2.12. The van der Waals surface area contributed by atoms with Gasteiger partial charge in [-0.1, -0.05) is 42.5 Å². The molecular formula is C38H35B2N19O5S. The third-order valence-corrected chi connectivity index (χ3v) is 9.38. The average molecular weight is 892 g/mol. The first-order valence-corrected chi connectivity index (χ1v) is 20.4. The van der Waals surface area contributed by atoms with Crippen molar-refractivity contribution in [3.63, 3.8) is 0 Å². The molecule has 65 heavy (non-hydrogen) atoms. The fourth-order valence-corrected chi connectivity index (χ4v) is 6.42. The zero-order chi connectivity index (χ0) is 45.9. The number of fused-ring (bicyclic) bond motifs is 1. The lowest BCUT2D eigenvalue weighted by atomic mass is 10.1. The number of carbonyl (C=O) groups excluding carboxylic acids is 2. The van der Waals surface area contributed by atoms with E-state index < -0.39 is 27.1 Å². The molecule has 24 nitrogen and oxygen atoms in total. The van der Waals surface area contributed by atoms with Gasteiger partial charge in [-0.05, 0) is 85.3 Å². The molecule has 0 aliphatic rings. The van der Waals surface area contributed by atoms with Crippen molar-refractivity contribution in [2.45, 2.75) is 18.7 Å². The fourth-order valence-electron chi connectivity index (χ4n) is 5.78. The molecule has 7 rings (SSSR count). The van der Waals surface area contributed by atoms with Crippen LogP contribution in [0.2, 0.25) is 0 Å². The molecule has 0 bridgehead atoms. The summed E-state index contributed by atoms with van der Waals surface area (Å²) in [6, 6.07) is 26.7. The number of anilines is 8. The van der Waals surface area contributed by atoms with Crippen molar-refractivity contribution in [2.75, 3.05) is 36.9 Å². The Bertz CT molecular complexity index is 3080. The van der Waals surface area contributed by atoms with Crippen LogP contribution in [-0.2, 0) is 10.1 Å². The molecule has 0 spiro atoms. The van der Waals surface area contributed by atoms with Gasteiger partial charge in [0.15, 0.2) is 0 Å². The van der Waals surface area contributed by atoms with E-state index in [1.54, 1.807) is 74.5 Å². The van der Waals surface area contributed by atoms with Crippen molar-refractivity contribution in [1.82, 2.24) is 29.9 Å². The van der Waals surface area contributed by atoms with E-state index in [4.69, 9.17) is 11.5 Å². The lowest BCUT2D eigenvalue weighted by molar-refractivity contribution is 0.258. The normalized spacial score (nSPS) is 11.2. The second-order valence-corrected chi connectivity index (χ2v) is 14.8. The van der Waals surface area contributed by atoms with Gasteiger partial charge in [0.1, 0.15) is 33.6 Å². The highest BCUT2D eigenvalue weighted by molar-refractivity contribution is 7.86. The molecule has 0 unspecified atom stereocenters. The topological polar surface area (TPSA) is 352 Å². The lowest BCUT2D eigenvalue weighted by Crippen LogP contribution is -2.23. The van der Waals surface area contributed by atoms with Crippen molar-refractivity contribution in [3.05, 3.63) is 115 Å². The molecule has 324 valence electrons. The van der Waals surface area contributed by atoms with Crippen LogP contribution >= 0.6 is 0 Å². The Morgan fingerprint density at radius 2 is 1.03 bits per heavy atom. The van der Waals surface area contributed by atoms with E-state index in [-0.39, 0.29) is 40.9 Å². The molecule has 0 atom stereocenters. The molecule has 0 saturated heterocycles. The van der Waals surface area contributed by atoms with Crippen LogP contribution in [0.1, 0.15) is 11.6 Å². The Morgan fingerprint density at radius 3 is 1.62 bits per heavy atom. The van der Waals surface area contributed by atoms with E-state index in [0.717, 1.165) is 0 Å². The van der Waals surface area contributed by atoms with Gasteiger partial charge in [0.2, 0.25) is 23.8 Å². The molecule has 27 heteroatoms. The van der Waals surface area contributed by atoms with Crippen LogP contribution < -0.4 is 48.3 Å². The first-order valence-electron chi connectivity index (χ1n) is 19.0. The van der Waals surface area contributed by atoms with Crippen molar-refractivity contribution in [3.8, 4) is 0 Å². The Labute approximate surface area is 371 Å². The van der Waals surface area contributed by atoms with Crippen LogP contribution in [0.3, 0.4) is 0 Å². The molecule has 2 heterocycles. The summed E-state index contributed by atoms with van der Waals surface area (Å²) in [7, 11) is -1.82. The minimum Gasteiger partial charge on any atom is -0.412 e. The van der Waals surface area contributed by atoms with Gasteiger partial charge in [0, 0.05) is 11.4 Å². The van der Waals surface area contributed by atoms with E-state index >= 15 is 0 Å². The third kappa shape index (κ3) is 12.4. The molecule has 12 N–H and O–H groups in total. The zero-order valence-electron chi connectivity index (χ0n) is 34.1. The quantitative estimate of drug-likeness (QED) is 0.0257. The summed E-state index contributed by atoms with van der Waals surface area (Å²) in [6.45, 7) is 3.35. The van der Waals surface area contributed by atoms with Gasteiger partial charge >= 0.3 is 27.2 Å². The molecule has 0 saturated carbocycles. The van der Waals surface area contributed by atoms with E-state index in [0.29, 0.717) is 50.9 Å². The maximum absolute atomic E-state index is 12.2. The Morgan fingerprint density at radius 1 is 0.554 bits per heavy atom. The number of aryl methyl sites for hydroxylation is 2. The minimum absolute atomic E-state index is 0.118. The second kappa shape index (κ2) is 19.9. The number of amides is 4. The monoisotopic (exact) mass is 891 g/mol. The summed E-state index contributed by atoms with van der Waals surface area (Å²) in [6.07, 6.45) is 0. The summed E-state index contributed by atoms with van der Waals surface area (Å²) in [5.41, 5.74) is 13.2. The first-order chi connectivity index (χ1) is 31.2. The number of carbonyl (C=O) groups is 2. The highest BCUT2D eigenvalue weighted by Gasteiger charge is 2.18. The number of nitrogens with zero attached hydrogens (tertiary/aromatic N) is 10. The van der Waals surface area contributed by atoms with Crippen molar-refractivity contribution in [2.24, 2.45) is 31.9 Å². The van der Waals surface area contributed by atoms with Crippen LogP contribution in [-0.4, -0.2) is 70.0 Å². The van der Waals surface area contributed by atoms with Crippen molar-refractivity contribution < 1.29 is 22.6 Å². The second-order valence-electron chi connectivity index (χ2n) is 13.4. The van der Waals surface area contributed by atoms with E-state index in [2.05, 4.69) is 87.2 Å². The van der Waals surface area contributed by atoms with Crippen molar-refractivity contribution >= 4 is 117 Å². The molecule has 4 amide bonds. The van der Waals surface area contributed by atoms with E-state index in [9.17, 15) is 22.6 Å². The number of azo groups is 2. The smallest absolute Gasteiger partial charge is 0.390 e. The summed E-state index contributed by atoms with van der Waals surface area (Å²) in [5.74, 6) is 1.45. The van der Waals surface area contributed by atoms with Gasteiger partial charge < -0.3 is 48.3 Å². The molecule has 7 aromatic rings. The number of urea groups is 2. The largest absolute Gasteiger partial charge is 0.412 e. The predicted octanol–water partition coefficient (Wildman–Crippen LogP) is 6.75. The van der Waals surface area contributed by atoms with E-state index in [1.807, 2.05) is 18.2 Å². The van der Waals surface area contributed by atoms with Crippen LogP contribution in [0, 0.1) is 13.8 Å². The van der Waals surface area contributed by atoms with E-state index in [1.165, 1.54) is 39.4 Å². The Kier molecular flexibility index (Phi) is 13.5. The zero-order valence-corrected chi connectivity index (χ0v) is 34.9. The summed E-state index contributed by atoms with van der Waals surface area (Å²) in [4.78, 5) is 49.2. The SMILES string of the molecule is Cc1nc(N[B]Nc2ccc(N=Nc3cc4ccccc4cc3S(=O)(=O)O)c(NC(N)=O)c2)nc(N[B]Nc2nc(C)nc(Nc3ccc(N=Nc4ccccc4)c(NC(N)=O)c3)n2)n1. The van der Waals surface area contributed by atoms with Gasteiger partial charge in [-0.3, -0.25) is 4.55 Å². The number of hydrogen-bond donors (Lipinski definition) is 10. The number of nitrogens with two attached hydrogens (primary N) is 2. The minimum atomic E-state index is -4.66. The summed E-state index contributed by atoms with van der Waals surface area (Å²) in [5, 5.41) is 37.8. The fraction of sp³-hybridized carbons (Fsp3) is 0.0526. The number of rotatable bonds is 17. The molecular weight excluding hydrogens is 856 g/mol. The Balaban J connectivity index is 0.964. The average Bonchev–Trinajstić information content (AvgIpc) is 3.25. The number of hydrogen-bond acceptors (Lipinski definition) is 19. The van der Waals surface area contributed by atoms with Crippen LogP contribution in [0.4, 0.5) is 78.9 Å². The number of nitrogens with one attached hydrogen (secondary N) is 7. The van der Waals surface area contributed by atoms with Gasteiger partial charge in [0.25, 0.3) is 10.1 Å². The maximum Gasteiger partial charge on any atom is 0.390 e. The number of primary amides is 2. The van der Waals surface area contributed by atoms with Gasteiger partial charge in [0.05, 0.1) is 17.1 Å². The first kappa shape index (κ1) is 44.2. The molecule has 2 radical (unpaired) electrons. The molecule has 2 aromatic heterocycles. The van der Waals surface area contributed by atoms with Crippen LogP contribution in [0.15, 0.2) is 128 Å². The standard InChI is InChI=1S/C38H35B2N19O5S/c1-20-43-35(47-25-12-14-27(29(18-25)48-33(41)60)57-56-24-10-4-3-5-11-24)50-36(44-20)54-40-55-38-46-21(2)45-37(51-38)53-39-52-26-13-15-28(30(19-26)49-34(42)61)58-59-31-16-22-8-6-7-9-23(22)17-32(31)65(62,63)64/h3-19,52H,1-2H3,(H3,41,48,60)(H3,42,49,61)(H,62,63,64)(H2,43,44,47,50,54)(H2,45,46,51,53,55). The van der Waals surface area contributed by atoms with Crippen LogP contribution in [0.25, 0.3) is 10.8 Å². The number of aromatic nitrogens is 6. The van der Waals surface area contributed by atoms with Gasteiger partial charge in [-0.2, -0.15) is 43.4 Å². The predicted molar refractivity (Wildman–Crippen MR) is 246 cm³/mol.